The number of nitrogens with one attached hydrogen (secondary N) is 1. The van der Waals surface area contributed by atoms with Gasteiger partial charge in [0.05, 0.1) is 10.4 Å². The summed E-state index contributed by atoms with van der Waals surface area (Å²) in [5, 5.41) is 4.30. The van der Waals surface area contributed by atoms with Crippen molar-refractivity contribution < 1.29 is 0 Å². The number of thiophene rings is 1. The Hall–Kier alpha value is -0.0600. The first-order valence-corrected chi connectivity index (χ1v) is 8.83. The van der Waals surface area contributed by atoms with Crippen molar-refractivity contribution >= 4 is 50.5 Å². The summed E-state index contributed by atoms with van der Waals surface area (Å²) in [4.78, 5) is 1.22. The minimum atomic E-state index is 0.126. The van der Waals surface area contributed by atoms with Gasteiger partial charge in [0.25, 0.3) is 0 Å². The van der Waals surface area contributed by atoms with Crippen LogP contribution < -0.4 is 5.32 Å². The molecule has 0 bridgehead atoms. The maximum absolute atomic E-state index is 6.21. The smallest absolute Gasteiger partial charge is 0.0961 e. The Morgan fingerprint density at radius 3 is 2.55 bits per heavy atom. The van der Waals surface area contributed by atoms with Gasteiger partial charge in [0.1, 0.15) is 0 Å². The predicted octanol–water partition coefficient (Wildman–Crippen LogP) is 6.21. The van der Waals surface area contributed by atoms with Gasteiger partial charge in [-0.25, -0.2) is 0 Å². The van der Waals surface area contributed by atoms with Gasteiger partial charge in [-0.1, -0.05) is 46.1 Å². The summed E-state index contributed by atoms with van der Waals surface area (Å²) >= 11 is 17.5. The van der Waals surface area contributed by atoms with E-state index in [1.165, 1.54) is 4.88 Å². The van der Waals surface area contributed by atoms with Crippen LogP contribution >= 0.6 is 50.5 Å². The first-order chi connectivity index (χ1) is 9.51. The normalized spacial score (nSPS) is 12.7. The Balaban J connectivity index is 2.40. The number of hydrogen-bond donors (Lipinski definition) is 1. The second kappa shape index (κ2) is 7.28. The molecule has 2 aromatic rings. The third kappa shape index (κ3) is 3.99. The van der Waals surface area contributed by atoms with Crippen LogP contribution in [0.5, 0.6) is 0 Å². The first kappa shape index (κ1) is 16.3. The van der Waals surface area contributed by atoms with Crippen LogP contribution in [0.25, 0.3) is 0 Å². The van der Waals surface area contributed by atoms with E-state index in [4.69, 9.17) is 23.2 Å². The van der Waals surface area contributed by atoms with Crippen LogP contribution in [0.4, 0.5) is 0 Å². The largest absolute Gasteiger partial charge is 0.306 e. The zero-order valence-corrected chi connectivity index (χ0v) is 15.3. The molecule has 1 heterocycles. The van der Waals surface area contributed by atoms with E-state index in [1.807, 2.05) is 19.1 Å². The molecule has 108 valence electrons. The molecule has 1 N–H and O–H groups in total. The average molecular weight is 393 g/mol. The average Bonchev–Trinajstić information content (AvgIpc) is 2.69. The SMILES string of the molecule is CCCNC(c1cc(Cl)cc(Br)c1)c1cc(C)c(Cl)s1. The highest BCUT2D eigenvalue weighted by molar-refractivity contribution is 9.10. The zero-order valence-electron chi connectivity index (χ0n) is 11.3. The summed E-state index contributed by atoms with van der Waals surface area (Å²) in [6.07, 6.45) is 1.08. The van der Waals surface area contributed by atoms with Gasteiger partial charge in [-0.15, -0.1) is 11.3 Å². The van der Waals surface area contributed by atoms with Crippen molar-refractivity contribution in [1.82, 2.24) is 5.32 Å². The lowest BCUT2D eigenvalue weighted by Crippen LogP contribution is -2.22. The van der Waals surface area contributed by atoms with Gasteiger partial charge in [0.15, 0.2) is 0 Å². The van der Waals surface area contributed by atoms with E-state index >= 15 is 0 Å². The van der Waals surface area contributed by atoms with E-state index in [2.05, 4.69) is 40.3 Å². The van der Waals surface area contributed by atoms with Gasteiger partial charge in [0, 0.05) is 14.4 Å². The summed E-state index contributed by atoms with van der Waals surface area (Å²) in [5.74, 6) is 0. The molecule has 1 unspecified atom stereocenters. The number of rotatable bonds is 5. The molecule has 20 heavy (non-hydrogen) atoms. The Bertz CT molecular complexity index is 558. The van der Waals surface area contributed by atoms with Gasteiger partial charge in [-0.2, -0.15) is 0 Å². The van der Waals surface area contributed by atoms with Crippen molar-refractivity contribution in [3.8, 4) is 0 Å². The van der Waals surface area contributed by atoms with E-state index in [1.54, 1.807) is 11.3 Å². The minimum absolute atomic E-state index is 0.126. The van der Waals surface area contributed by atoms with E-state index < -0.39 is 0 Å². The van der Waals surface area contributed by atoms with Crippen LogP contribution in [0.3, 0.4) is 0 Å². The second-order valence-corrected chi connectivity index (χ2v) is 7.73. The van der Waals surface area contributed by atoms with Crippen molar-refractivity contribution in [1.29, 1.82) is 0 Å². The molecule has 1 aromatic carbocycles. The molecule has 0 aliphatic heterocycles. The Morgan fingerprint density at radius 2 is 2.00 bits per heavy atom. The molecule has 1 nitrogen and oxygen atoms in total. The molecule has 1 aromatic heterocycles. The summed E-state index contributed by atoms with van der Waals surface area (Å²) in [5.41, 5.74) is 2.27. The predicted molar refractivity (Wildman–Crippen MR) is 93.4 cm³/mol. The van der Waals surface area contributed by atoms with Crippen LogP contribution in [0.15, 0.2) is 28.7 Å². The maximum atomic E-state index is 6.21. The molecule has 0 saturated carbocycles. The van der Waals surface area contributed by atoms with Crippen molar-refractivity contribution in [3.63, 3.8) is 0 Å². The molecule has 0 aliphatic carbocycles. The molecule has 0 fully saturated rings. The third-order valence-corrected chi connectivity index (χ3v) is 5.27. The summed E-state index contributed by atoms with van der Waals surface area (Å²) in [6, 6.07) is 8.27. The van der Waals surface area contributed by atoms with E-state index in [-0.39, 0.29) is 6.04 Å². The molecule has 5 heteroatoms. The highest BCUT2D eigenvalue weighted by Crippen LogP contribution is 2.35. The molecule has 0 aliphatic rings. The molecular formula is C15H16BrCl2NS. The van der Waals surface area contributed by atoms with Crippen molar-refractivity contribution in [2.24, 2.45) is 0 Å². The molecule has 0 amide bonds. The highest BCUT2D eigenvalue weighted by atomic mass is 79.9. The van der Waals surface area contributed by atoms with Crippen molar-refractivity contribution in [3.05, 3.63) is 54.1 Å². The van der Waals surface area contributed by atoms with Gasteiger partial charge < -0.3 is 5.32 Å². The number of aryl methyl sites for hydroxylation is 1. The van der Waals surface area contributed by atoms with Crippen molar-refractivity contribution in [2.45, 2.75) is 26.3 Å². The fraction of sp³-hybridized carbons (Fsp3) is 0.333. The van der Waals surface area contributed by atoms with Crippen LogP contribution in [0, 0.1) is 6.92 Å². The van der Waals surface area contributed by atoms with Crippen LogP contribution in [0.2, 0.25) is 9.36 Å². The second-order valence-electron chi connectivity index (χ2n) is 4.70. The summed E-state index contributed by atoms with van der Waals surface area (Å²) in [7, 11) is 0. The Kier molecular flexibility index (Phi) is 5.94. The first-order valence-electron chi connectivity index (χ1n) is 6.46. The van der Waals surface area contributed by atoms with Gasteiger partial charge >= 0.3 is 0 Å². The number of hydrogen-bond acceptors (Lipinski definition) is 2. The summed E-state index contributed by atoms with van der Waals surface area (Å²) in [6.45, 7) is 5.14. The number of benzene rings is 1. The maximum Gasteiger partial charge on any atom is 0.0961 e. The quantitative estimate of drug-likeness (QED) is 0.637. The molecule has 2 rings (SSSR count). The monoisotopic (exact) mass is 391 g/mol. The Labute approximate surface area is 142 Å². The standard InChI is InChI=1S/C15H16BrCl2NS/c1-3-4-19-14(13-5-9(2)15(18)20-13)10-6-11(16)8-12(17)7-10/h5-8,14,19H,3-4H2,1-2H3. The fourth-order valence-electron chi connectivity index (χ4n) is 2.04. The fourth-order valence-corrected chi connectivity index (χ4v) is 4.25. The van der Waals surface area contributed by atoms with Gasteiger partial charge in [-0.3, -0.25) is 0 Å². The third-order valence-electron chi connectivity index (χ3n) is 2.98. The summed E-state index contributed by atoms with van der Waals surface area (Å²) < 4.78 is 1.84. The van der Waals surface area contributed by atoms with Crippen LogP contribution in [0.1, 0.15) is 35.4 Å². The lowest BCUT2D eigenvalue weighted by atomic mass is 10.0. The lowest BCUT2D eigenvalue weighted by Gasteiger charge is -2.18. The highest BCUT2D eigenvalue weighted by Gasteiger charge is 2.18. The molecule has 1 atom stereocenters. The molecule has 0 radical (unpaired) electrons. The number of halogens is 3. The zero-order chi connectivity index (χ0) is 14.7. The van der Waals surface area contributed by atoms with Gasteiger partial charge in [-0.05, 0) is 55.3 Å². The van der Waals surface area contributed by atoms with Gasteiger partial charge in [0.2, 0.25) is 0 Å². The lowest BCUT2D eigenvalue weighted by molar-refractivity contribution is 0.605. The topological polar surface area (TPSA) is 12.0 Å². The van der Waals surface area contributed by atoms with E-state index in [0.29, 0.717) is 0 Å². The molecular weight excluding hydrogens is 377 g/mol. The minimum Gasteiger partial charge on any atom is -0.306 e. The molecule has 0 saturated heterocycles. The van der Waals surface area contributed by atoms with Crippen molar-refractivity contribution in [2.75, 3.05) is 6.54 Å². The van der Waals surface area contributed by atoms with E-state index in [9.17, 15) is 0 Å². The van der Waals surface area contributed by atoms with E-state index in [0.717, 1.165) is 37.9 Å². The van der Waals surface area contributed by atoms with Crippen LogP contribution in [-0.2, 0) is 0 Å². The molecule has 0 spiro atoms. The van der Waals surface area contributed by atoms with Crippen LogP contribution in [-0.4, -0.2) is 6.54 Å². The Morgan fingerprint density at radius 1 is 1.25 bits per heavy atom.